The van der Waals surface area contributed by atoms with E-state index in [9.17, 15) is 4.39 Å². The maximum atomic E-state index is 13.6. The molecule has 0 amide bonds. The molecule has 0 atom stereocenters. The molecule has 0 aliphatic heterocycles. The molecule has 2 aromatic rings. The van der Waals surface area contributed by atoms with Crippen molar-refractivity contribution >= 4 is 11.8 Å². The Hall–Kier alpha value is -2.17. The number of aromatic nitrogens is 2. The Labute approximate surface area is 142 Å². The van der Waals surface area contributed by atoms with E-state index in [1.165, 1.54) is 25.3 Å². The number of rotatable bonds is 4. The van der Waals surface area contributed by atoms with Crippen molar-refractivity contribution in [3.8, 4) is 0 Å². The van der Waals surface area contributed by atoms with Gasteiger partial charge in [0.2, 0.25) is 5.95 Å². The largest absolute Gasteiger partial charge is 0.383 e. The van der Waals surface area contributed by atoms with Crippen molar-refractivity contribution in [3.05, 3.63) is 46.9 Å². The van der Waals surface area contributed by atoms with Gasteiger partial charge in [-0.1, -0.05) is 31.4 Å². The monoisotopic (exact) mass is 328 g/mol. The molecule has 2 N–H and O–H groups in total. The molecule has 1 aromatic carbocycles. The van der Waals surface area contributed by atoms with Gasteiger partial charge < -0.3 is 10.6 Å². The molecule has 4 nitrogen and oxygen atoms in total. The average molecular weight is 328 g/mol. The first-order valence-electron chi connectivity index (χ1n) is 8.66. The SMILES string of the molecule is Cc1nc(N(Cc2cccc(F)c2)C2CCCCC2)nc(N)c1C. The number of nitrogens with zero attached hydrogens (tertiary/aromatic N) is 3. The molecule has 5 heteroatoms. The van der Waals surface area contributed by atoms with Crippen molar-refractivity contribution in [1.29, 1.82) is 0 Å². The third kappa shape index (κ3) is 3.66. The van der Waals surface area contributed by atoms with E-state index in [0.717, 1.165) is 29.7 Å². The first-order chi connectivity index (χ1) is 11.5. The highest BCUT2D eigenvalue weighted by Crippen LogP contribution is 2.28. The molecule has 0 bridgehead atoms. The number of nitrogen functional groups attached to an aromatic ring is 1. The molecule has 128 valence electrons. The summed E-state index contributed by atoms with van der Waals surface area (Å²) < 4.78 is 13.6. The lowest BCUT2D eigenvalue weighted by Crippen LogP contribution is -2.38. The zero-order valence-corrected chi connectivity index (χ0v) is 14.4. The van der Waals surface area contributed by atoms with Gasteiger partial charge in [0, 0.05) is 23.8 Å². The Kier molecular flexibility index (Phi) is 4.97. The minimum Gasteiger partial charge on any atom is -0.383 e. The van der Waals surface area contributed by atoms with E-state index in [1.54, 1.807) is 12.1 Å². The summed E-state index contributed by atoms with van der Waals surface area (Å²) in [6, 6.07) is 7.13. The minimum absolute atomic E-state index is 0.211. The number of benzene rings is 1. The van der Waals surface area contributed by atoms with Gasteiger partial charge in [-0.2, -0.15) is 4.98 Å². The summed E-state index contributed by atoms with van der Waals surface area (Å²) in [7, 11) is 0. The molecule has 1 fully saturated rings. The van der Waals surface area contributed by atoms with Crippen molar-refractivity contribution in [2.45, 2.75) is 58.5 Å². The molecule has 1 saturated carbocycles. The van der Waals surface area contributed by atoms with Gasteiger partial charge in [-0.15, -0.1) is 0 Å². The highest BCUT2D eigenvalue weighted by atomic mass is 19.1. The van der Waals surface area contributed by atoms with Crippen LogP contribution in [-0.4, -0.2) is 16.0 Å². The quantitative estimate of drug-likeness (QED) is 0.916. The number of halogens is 1. The molecule has 24 heavy (non-hydrogen) atoms. The topological polar surface area (TPSA) is 55.0 Å². The summed E-state index contributed by atoms with van der Waals surface area (Å²) in [6.07, 6.45) is 5.94. The maximum absolute atomic E-state index is 13.6. The second-order valence-corrected chi connectivity index (χ2v) is 6.67. The highest BCUT2D eigenvalue weighted by Gasteiger charge is 2.24. The summed E-state index contributed by atoms with van der Waals surface area (Å²) in [5.41, 5.74) is 8.82. The van der Waals surface area contributed by atoms with Crippen molar-refractivity contribution in [3.63, 3.8) is 0 Å². The lowest BCUT2D eigenvalue weighted by molar-refractivity contribution is 0.408. The zero-order chi connectivity index (χ0) is 17.1. The van der Waals surface area contributed by atoms with Crippen LogP contribution in [0.15, 0.2) is 24.3 Å². The van der Waals surface area contributed by atoms with Crippen LogP contribution < -0.4 is 10.6 Å². The third-order valence-corrected chi connectivity index (χ3v) is 4.93. The second-order valence-electron chi connectivity index (χ2n) is 6.67. The number of aryl methyl sites for hydroxylation is 1. The molecule has 1 aliphatic rings. The molecule has 0 radical (unpaired) electrons. The van der Waals surface area contributed by atoms with Crippen LogP contribution in [0, 0.1) is 19.7 Å². The molecule has 0 saturated heterocycles. The fraction of sp³-hybridized carbons (Fsp3) is 0.474. The second kappa shape index (κ2) is 7.16. The molecule has 1 aliphatic carbocycles. The number of nitrogens with two attached hydrogens (primary N) is 1. The zero-order valence-electron chi connectivity index (χ0n) is 14.4. The van der Waals surface area contributed by atoms with E-state index in [-0.39, 0.29) is 5.82 Å². The van der Waals surface area contributed by atoms with Crippen LogP contribution in [0.2, 0.25) is 0 Å². The van der Waals surface area contributed by atoms with Crippen molar-refractivity contribution in [2.24, 2.45) is 0 Å². The molecule has 1 heterocycles. The molecule has 0 spiro atoms. The van der Waals surface area contributed by atoms with Crippen LogP contribution >= 0.6 is 0 Å². The Morgan fingerprint density at radius 1 is 1.17 bits per heavy atom. The van der Waals surface area contributed by atoms with E-state index < -0.39 is 0 Å². The number of hydrogen-bond donors (Lipinski definition) is 1. The first kappa shape index (κ1) is 16.7. The first-order valence-corrected chi connectivity index (χ1v) is 8.66. The van der Waals surface area contributed by atoms with Crippen molar-refractivity contribution in [1.82, 2.24) is 9.97 Å². The molecule has 1 aromatic heterocycles. The third-order valence-electron chi connectivity index (χ3n) is 4.93. The average Bonchev–Trinajstić information content (AvgIpc) is 2.58. The Bertz CT molecular complexity index is 687. The van der Waals surface area contributed by atoms with Crippen molar-refractivity contribution < 1.29 is 4.39 Å². The lowest BCUT2D eigenvalue weighted by Gasteiger charge is -2.35. The normalized spacial score (nSPS) is 15.5. The summed E-state index contributed by atoms with van der Waals surface area (Å²) in [4.78, 5) is 11.4. The van der Waals surface area contributed by atoms with E-state index in [1.807, 2.05) is 19.9 Å². The smallest absolute Gasteiger partial charge is 0.228 e. The van der Waals surface area contributed by atoms with Gasteiger partial charge >= 0.3 is 0 Å². The number of hydrogen-bond acceptors (Lipinski definition) is 4. The van der Waals surface area contributed by atoms with Gasteiger partial charge in [0.05, 0.1) is 0 Å². The number of anilines is 2. The summed E-state index contributed by atoms with van der Waals surface area (Å²) in [5, 5.41) is 0. The Morgan fingerprint density at radius 2 is 1.92 bits per heavy atom. The van der Waals surface area contributed by atoms with Gasteiger partial charge in [-0.25, -0.2) is 9.37 Å². The van der Waals surface area contributed by atoms with E-state index in [0.29, 0.717) is 24.4 Å². The van der Waals surface area contributed by atoms with E-state index >= 15 is 0 Å². The predicted molar refractivity (Wildman–Crippen MR) is 95.4 cm³/mol. The van der Waals surface area contributed by atoms with Crippen LogP contribution in [0.25, 0.3) is 0 Å². The predicted octanol–water partition coefficient (Wildman–Crippen LogP) is 4.15. The standard InChI is InChI=1S/C19H25FN4/c1-13-14(2)22-19(23-18(13)21)24(17-9-4-3-5-10-17)12-15-7-6-8-16(20)11-15/h6-8,11,17H,3-5,9-10,12H2,1-2H3,(H2,21,22,23). The van der Waals surface area contributed by atoms with Crippen LogP contribution in [0.1, 0.15) is 48.9 Å². The van der Waals surface area contributed by atoms with Crippen molar-refractivity contribution in [2.75, 3.05) is 10.6 Å². The summed E-state index contributed by atoms with van der Waals surface area (Å²) in [6.45, 7) is 4.49. The van der Waals surface area contributed by atoms with Crippen LogP contribution in [0.5, 0.6) is 0 Å². The Balaban J connectivity index is 1.95. The summed E-state index contributed by atoms with van der Waals surface area (Å²) >= 11 is 0. The minimum atomic E-state index is -0.211. The van der Waals surface area contributed by atoms with Gasteiger partial charge in [-0.05, 0) is 44.4 Å². The fourth-order valence-corrected chi connectivity index (χ4v) is 3.35. The summed E-state index contributed by atoms with van der Waals surface area (Å²) in [5.74, 6) is 0.973. The van der Waals surface area contributed by atoms with E-state index in [4.69, 9.17) is 5.73 Å². The van der Waals surface area contributed by atoms with Gasteiger partial charge in [0.15, 0.2) is 0 Å². The molecule has 3 rings (SSSR count). The van der Waals surface area contributed by atoms with Gasteiger partial charge in [-0.3, -0.25) is 0 Å². The Morgan fingerprint density at radius 3 is 2.58 bits per heavy atom. The van der Waals surface area contributed by atoms with Gasteiger partial charge in [0.1, 0.15) is 11.6 Å². The molecular formula is C19H25FN4. The van der Waals surface area contributed by atoms with Crippen LogP contribution in [0.4, 0.5) is 16.2 Å². The van der Waals surface area contributed by atoms with Crippen LogP contribution in [-0.2, 0) is 6.54 Å². The molecule has 0 unspecified atom stereocenters. The van der Waals surface area contributed by atoms with Crippen LogP contribution in [0.3, 0.4) is 0 Å². The molecular weight excluding hydrogens is 303 g/mol. The highest BCUT2D eigenvalue weighted by molar-refractivity contribution is 5.48. The fourth-order valence-electron chi connectivity index (χ4n) is 3.35. The van der Waals surface area contributed by atoms with E-state index in [2.05, 4.69) is 14.9 Å². The lowest BCUT2D eigenvalue weighted by atomic mass is 9.94. The maximum Gasteiger partial charge on any atom is 0.228 e. The van der Waals surface area contributed by atoms with Gasteiger partial charge in [0.25, 0.3) is 0 Å².